The lowest BCUT2D eigenvalue weighted by Gasteiger charge is -2.34. The van der Waals surface area contributed by atoms with Crippen LogP contribution in [0.15, 0.2) is 23.1 Å². The number of β-amino-alcohol motifs (C(OH)–C–C–N with tert-alkyl or cyclic N) is 1. The molecule has 0 saturated carbocycles. The number of nitrogens with one attached hydrogen (secondary N) is 1. The van der Waals surface area contributed by atoms with Gasteiger partial charge >= 0.3 is 6.18 Å². The highest BCUT2D eigenvalue weighted by Crippen LogP contribution is 2.32. The first-order chi connectivity index (χ1) is 12.6. The Morgan fingerprint density at radius 3 is 2.22 bits per heavy atom. The number of piperazine rings is 1. The van der Waals surface area contributed by atoms with Crippen LogP contribution in [0.2, 0.25) is 0 Å². The number of hydrogen-bond donors (Lipinski definition) is 3. The van der Waals surface area contributed by atoms with Gasteiger partial charge in [-0.2, -0.15) is 13.2 Å². The third-order valence-corrected chi connectivity index (χ3v) is 5.99. The summed E-state index contributed by atoms with van der Waals surface area (Å²) in [5, 5.41) is 8.92. The number of nitrogens with two attached hydrogens (primary N) is 1. The van der Waals surface area contributed by atoms with Gasteiger partial charge in [-0.15, -0.1) is 0 Å². The van der Waals surface area contributed by atoms with Crippen molar-refractivity contribution in [2.75, 3.05) is 58.2 Å². The molecule has 0 amide bonds. The standard InChI is InChI=1S/C16H25F3N4O3S/c17-16(18,19)13-2-3-15(14(20)12-13)27(25,26)21-4-1-5-22-6-8-23(9-7-22)10-11-24/h2-3,12,21,24H,1,4-11,20H2. The lowest BCUT2D eigenvalue weighted by Crippen LogP contribution is -2.47. The maximum absolute atomic E-state index is 12.6. The van der Waals surface area contributed by atoms with Gasteiger partial charge in [-0.3, -0.25) is 4.90 Å². The molecule has 1 aliphatic rings. The number of nitrogens with zero attached hydrogens (tertiary/aromatic N) is 2. The molecule has 0 aromatic heterocycles. The monoisotopic (exact) mass is 410 g/mol. The molecule has 1 aromatic carbocycles. The highest BCUT2D eigenvalue weighted by atomic mass is 32.2. The Bertz CT molecular complexity index is 720. The Morgan fingerprint density at radius 1 is 1.11 bits per heavy atom. The van der Waals surface area contributed by atoms with Crippen LogP contribution in [0.4, 0.5) is 18.9 Å². The zero-order valence-corrected chi connectivity index (χ0v) is 15.7. The molecule has 2 rings (SSSR count). The van der Waals surface area contributed by atoms with Crippen molar-refractivity contribution in [2.24, 2.45) is 0 Å². The van der Waals surface area contributed by atoms with Crippen molar-refractivity contribution in [3.05, 3.63) is 23.8 Å². The molecule has 1 fully saturated rings. The predicted octanol–water partition coefficient (Wildman–Crippen LogP) is 0.566. The lowest BCUT2D eigenvalue weighted by molar-refractivity contribution is -0.137. The van der Waals surface area contributed by atoms with E-state index < -0.39 is 27.5 Å². The minimum atomic E-state index is -4.58. The fourth-order valence-corrected chi connectivity index (χ4v) is 4.12. The lowest BCUT2D eigenvalue weighted by atomic mass is 10.2. The Kier molecular flexibility index (Phi) is 7.46. The van der Waals surface area contributed by atoms with Crippen molar-refractivity contribution in [1.29, 1.82) is 0 Å². The van der Waals surface area contributed by atoms with E-state index in [9.17, 15) is 21.6 Å². The van der Waals surface area contributed by atoms with E-state index in [-0.39, 0.29) is 18.0 Å². The summed E-state index contributed by atoms with van der Waals surface area (Å²) >= 11 is 0. The summed E-state index contributed by atoms with van der Waals surface area (Å²) in [6.45, 7) is 5.06. The van der Waals surface area contributed by atoms with E-state index in [2.05, 4.69) is 14.5 Å². The van der Waals surface area contributed by atoms with Crippen molar-refractivity contribution in [3.8, 4) is 0 Å². The maximum atomic E-state index is 12.6. The molecule has 1 saturated heterocycles. The smallest absolute Gasteiger partial charge is 0.398 e. The van der Waals surface area contributed by atoms with Crippen LogP contribution in [0.1, 0.15) is 12.0 Å². The molecule has 4 N–H and O–H groups in total. The molecule has 0 unspecified atom stereocenters. The molecule has 11 heteroatoms. The third kappa shape index (κ3) is 6.32. The van der Waals surface area contributed by atoms with Crippen LogP contribution >= 0.6 is 0 Å². The Morgan fingerprint density at radius 2 is 1.70 bits per heavy atom. The van der Waals surface area contributed by atoms with Crippen LogP contribution < -0.4 is 10.5 Å². The summed E-state index contributed by atoms with van der Waals surface area (Å²) in [6, 6.07) is 2.21. The molecular weight excluding hydrogens is 385 g/mol. The van der Waals surface area contributed by atoms with Crippen molar-refractivity contribution in [1.82, 2.24) is 14.5 Å². The summed E-state index contributed by atoms with van der Waals surface area (Å²) in [5.74, 6) is 0. The Hall–Kier alpha value is -1.40. The molecule has 154 valence electrons. The first-order valence-corrected chi connectivity index (χ1v) is 10.1. The number of halogens is 3. The summed E-state index contributed by atoms with van der Waals surface area (Å²) in [7, 11) is -3.97. The number of nitrogen functional groups attached to an aromatic ring is 1. The van der Waals surface area contributed by atoms with E-state index in [0.717, 1.165) is 32.2 Å². The number of alkyl halides is 3. The van der Waals surface area contributed by atoms with Crippen LogP contribution in [0.3, 0.4) is 0 Å². The van der Waals surface area contributed by atoms with E-state index >= 15 is 0 Å². The van der Waals surface area contributed by atoms with E-state index in [1.165, 1.54) is 0 Å². The Labute approximate surface area is 157 Å². The van der Waals surface area contributed by atoms with Gasteiger partial charge in [0.25, 0.3) is 0 Å². The summed E-state index contributed by atoms with van der Waals surface area (Å²) in [6.07, 6.45) is -4.01. The van der Waals surface area contributed by atoms with Gasteiger partial charge in [0.2, 0.25) is 10.0 Å². The zero-order valence-electron chi connectivity index (χ0n) is 14.9. The first-order valence-electron chi connectivity index (χ1n) is 8.65. The molecule has 0 atom stereocenters. The number of aliphatic hydroxyl groups excluding tert-OH is 1. The van der Waals surface area contributed by atoms with Gasteiger partial charge in [0.15, 0.2) is 0 Å². The van der Waals surface area contributed by atoms with Crippen molar-refractivity contribution in [2.45, 2.75) is 17.5 Å². The van der Waals surface area contributed by atoms with Crippen LogP contribution in [-0.4, -0.2) is 75.7 Å². The quantitative estimate of drug-likeness (QED) is 0.428. The number of aliphatic hydroxyl groups is 1. The molecular formula is C16H25F3N4O3S. The molecule has 7 nitrogen and oxygen atoms in total. The molecule has 1 aromatic rings. The summed E-state index contributed by atoms with van der Waals surface area (Å²) < 4.78 is 64.9. The molecule has 1 heterocycles. The Balaban J connectivity index is 1.82. The molecule has 0 bridgehead atoms. The van der Waals surface area contributed by atoms with Crippen molar-refractivity contribution < 1.29 is 26.7 Å². The average Bonchev–Trinajstić information content (AvgIpc) is 2.59. The minimum Gasteiger partial charge on any atom is -0.398 e. The van der Waals surface area contributed by atoms with E-state index in [0.29, 0.717) is 31.6 Å². The fourth-order valence-electron chi connectivity index (χ4n) is 2.93. The second-order valence-electron chi connectivity index (χ2n) is 6.41. The van der Waals surface area contributed by atoms with Crippen LogP contribution in [0, 0.1) is 0 Å². The topological polar surface area (TPSA) is 98.9 Å². The van der Waals surface area contributed by atoms with Gasteiger partial charge in [0.1, 0.15) is 4.90 Å². The summed E-state index contributed by atoms with van der Waals surface area (Å²) in [5.41, 5.74) is 4.09. The number of hydrogen-bond acceptors (Lipinski definition) is 6. The van der Waals surface area contributed by atoms with Crippen molar-refractivity contribution in [3.63, 3.8) is 0 Å². The second-order valence-corrected chi connectivity index (χ2v) is 8.14. The number of benzene rings is 1. The summed E-state index contributed by atoms with van der Waals surface area (Å²) in [4.78, 5) is 4.01. The van der Waals surface area contributed by atoms with Gasteiger partial charge in [-0.05, 0) is 31.2 Å². The van der Waals surface area contributed by atoms with Crippen LogP contribution in [0.25, 0.3) is 0 Å². The second kappa shape index (κ2) is 9.20. The normalized spacial score (nSPS) is 17.3. The van der Waals surface area contributed by atoms with Gasteiger partial charge in [0.05, 0.1) is 17.9 Å². The molecule has 1 aliphatic heterocycles. The van der Waals surface area contributed by atoms with Crippen molar-refractivity contribution >= 4 is 15.7 Å². The molecule has 0 aliphatic carbocycles. The SMILES string of the molecule is Nc1cc(C(F)(F)F)ccc1S(=O)(=O)NCCCN1CCN(CCO)CC1. The molecule has 0 radical (unpaired) electrons. The van der Waals surface area contributed by atoms with Gasteiger partial charge in [-0.25, -0.2) is 13.1 Å². The third-order valence-electron chi connectivity index (χ3n) is 4.45. The van der Waals surface area contributed by atoms with Gasteiger partial charge in [0, 0.05) is 39.3 Å². The number of rotatable bonds is 8. The average molecular weight is 410 g/mol. The minimum absolute atomic E-state index is 0.134. The number of sulfonamides is 1. The van der Waals surface area contributed by atoms with E-state index in [1.54, 1.807) is 0 Å². The van der Waals surface area contributed by atoms with Crippen LogP contribution in [-0.2, 0) is 16.2 Å². The van der Waals surface area contributed by atoms with Crippen LogP contribution in [0.5, 0.6) is 0 Å². The fraction of sp³-hybridized carbons (Fsp3) is 0.625. The highest BCUT2D eigenvalue weighted by Gasteiger charge is 2.31. The largest absolute Gasteiger partial charge is 0.416 e. The predicted molar refractivity (Wildman–Crippen MR) is 95.6 cm³/mol. The highest BCUT2D eigenvalue weighted by molar-refractivity contribution is 7.89. The maximum Gasteiger partial charge on any atom is 0.416 e. The van der Waals surface area contributed by atoms with Gasteiger partial charge in [-0.1, -0.05) is 0 Å². The number of anilines is 1. The van der Waals surface area contributed by atoms with E-state index in [4.69, 9.17) is 10.8 Å². The van der Waals surface area contributed by atoms with E-state index in [1.807, 2.05) is 0 Å². The first kappa shape index (κ1) is 21.9. The van der Waals surface area contributed by atoms with Gasteiger partial charge < -0.3 is 15.7 Å². The molecule has 27 heavy (non-hydrogen) atoms. The molecule has 0 spiro atoms. The zero-order chi connectivity index (χ0) is 20.1.